The van der Waals surface area contributed by atoms with E-state index in [-0.39, 0.29) is 5.02 Å². The number of halogens is 2. The van der Waals surface area contributed by atoms with Gasteiger partial charge in [0.05, 0.1) is 10.0 Å². The van der Waals surface area contributed by atoms with Gasteiger partial charge >= 0.3 is 0 Å². The average molecular weight is 219 g/mol. The van der Waals surface area contributed by atoms with E-state index in [1.165, 1.54) is 6.92 Å². The summed E-state index contributed by atoms with van der Waals surface area (Å²) in [4.78, 5) is 10.5. The number of hydrogen-bond donors (Lipinski definition) is 1. The van der Waals surface area contributed by atoms with Crippen LogP contribution in [0.4, 0.5) is 0 Å². The molecule has 0 aliphatic rings. The Morgan fingerprint density at radius 2 is 2.08 bits per heavy atom. The maximum absolute atomic E-state index is 10.5. The highest BCUT2D eigenvalue weighted by Crippen LogP contribution is 2.31. The standard InChI is InChI=1S/C9H8Cl2O2/c1-9(13,5-12)6-3-2-4-7(10)8(6)11/h2-5,13H,1H3. The normalized spacial score (nSPS) is 15.1. The van der Waals surface area contributed by atoms with Crippen molar-refractivity contribution < 1.29 is 9.90 Å². The van der Waals surface area contributed by atoms with Gasteiger partial charge in [0.1, 0.15) is 5.60 Å². The molecule has 0 saturated carbocycles. The smallest absolute Gasteiger partial charge is 0.155 e. The molecule has 0 aliphatic carbocycles. The molecule has 2 nitrogen and oxygen atoms in total. The Hall–Kier alpha value is -0.570. The Kier molecular flexibility index (Phi) is 2.96. The summed E-state index contributed by atoms with van der Waals surface area (Å²) in [6, 6.07) is 4.78. The van der Waals surface area contributed by atoms with Crippen LogP contribution in [-0.4, -0.2) is 11.4 Å². The molecule has 0 spiro atoms. The summed E-state index contributed by atoms with van der Waals surface area (Å²) >= 11 is 11.5. The van der Waals surface area contributed by atoms with Gasteiger partial charge in [0.25, 0.3) is 0 Å². The zero-order chi connectivity index (χ0) is 10.1. The Bertz CT molecular complexity index is 334. The lowest BCUT2D eigenvalue weighted by Gasteiger charge is -2.17. The Labute approximate surface area is 86.1 Å². The fraction of sp³-hybridized carbons (Fsp3) is 0.222. The van der Waals surface area contributed by atoms with Gasteiger partial charge < -0.3 is 5.11 Å². The fourth-order valence-corrected chi connectivity index (χ4v) is 1.45. The van der Waals surface area contributed by atoms with E-state index < -0.39 is 5.60 Å². The number of aliphatic hydroxyl groups is 1. The summed E-state index contributed by atoms with van der Waals surface area (Å²) in [5, 5.41) is 10.1. The Balaban J connectivity index is 3.30. The minimum atomic E-state index is -1.58. The first-order valence-corrected chi connectivity index (χ1v) is 4.38. The van der Waals surface area contributed by atoms with Gasteiger partial charge in [-0.2, -0.15) is 0 Å². The lowest BCUT2D eigenvalue weighted by molar-refractivity contribution is -0.123. The number of aldehydes is 1. The molecule has 0 bridgehead atoms. The van der Waals surface area contributed by atoms with E-state index in [4.69, 9.17) is 23.2 Å². The van der Waals surface area contributed by atoms with E-state index in [0.29, 0.717) is 16.9 Å². The minimum Gasteiger partial charge on any atom is -0.378 e. The molecule has 0 heterocycles. The van der Waals surface area contributed by atoms with Crippen molar-refractivity contribution in [1.29, 1.82) is 0 Å². The second-order valence-corrected chi connectivity index (χ2v) is 3.65. The van der Waals surface area contributed by atoms with Crippen molar-refractivity contribution >= 4 is 29.5 Å². The maximum atomic E-state index is 10.5. The second-order valence-electron chi connectivity index (χ2n) is 2.87. The average Bonchev–Trinajstić information content (AvgIpc) is 2.09. The molecule has 0 fully saturated rings. The quantitative estimate of drug-likeness (QED) is 0.775. The van der Waals surface area contributed by atoms with Crippen LogP contribution in [0.2, 0.25) is 10.0 Å². The summed E-state index contributed by atoms with van der Waals surface area (Å²) in [5.74, 6) is 0. The summed E-state index contributed by atoms with van der Waals surface area (Å²) < 4.78 is 0. The van der Waals surface area contributed by atoms with E-state index in [0.717, 1.165) is 0 Å². The molecule has 13 heavy (non-hydrogen) atoms. The highest BCUT2D eigenvalue weighted by atomic mass is 35.5. The first-order valence-electron chi connectivity index (χ1n) is 3.62. The third kappa shape index (κ3) is 2.02. The van der Waals surface area contributed by atoms with Crippen LogP contribution in [-0.2, 0) is 10.4 Å². The SMILES string of the molecule is CC(O)(C=O)c1cccc(Cl)c1Cl. The number of hydrogen-bond acceptors (Lipinski definition) is 2. The van der Waals surface area contributed by atoms with Gasteiger partial charge in [-0.3, -0.25) is 4.79 Å². The van der Waals surface area contributed by atoms with Gasteiger partial charge in [0.2, 0.25) is 0 Å². The van der Waals surface area contributed by atoms with Gasteiger partial charge in [-0.05, 0) is 13.0 Å². The molecule has 0 amide bonds. The first-order chi connectivity index (χ1) is 5.99. The van der Waals surface area contributed by atoms with Crippen LogP contribution < -0.4 is 0 Å². The van der Waals surface area contributed by atoms with Crippen molar-refractivity contribution in [2.45, 2.75) is 12.5 Å². The summed E-state index contributed by atoms with van der Waals surface area (Å²) in [5.41, 5.74) is -1.27. The van der Waals surface area contributed by atoms with E-state index >= 15 is 0 Å². The van der Waals surface area contributed by atoms with E-state index in [1.807, 2.05) is 0 Å². The highest BCUT2D eigenvalue weighted by molar-refractivity contribution is 6.42. The van der Waals surface area contributed by atoms with Gasteiger partial charge in [-0.1, -0.05) is 35.3 Å². The van der Waals surface area contributed by atoms with Crippen molar-refractivity contribution in [1.82, 2.24) is 0 Å². The van der Waals surface area contributed by atoms with E-state index in [1.54, 1.807) is 18.2 Å². The molecule has 1 N–H and O–H groups in total. The van der Waals surface area contributed by atoms with Gasteiger partial charge in [0, 0.05) is 5.56 Å². The Morgan fingerprint density at radius 1 is 1.46 bits per heavy atom. The van der Waals surface area contributed by atoms with Crippen LogP contribution in [0.25, 0.3) is 0 Å². The van der Waals surface area contributed by atoms with Crippen LogP contribution >= 0.6 is 23.2 Å². The molecule has 0 saturated heterocycles. The molecule has 1 rings (SSSR count). The van der Waals surface area contributed by atoms with Crippen LogP contribution in [0.15, 0.2) is 18.2 Å². The monoisotopic (exact) mass is 218 g/mol. The summed E-state index contributed by atoms with van der Waals surface area (Å²) in [7, 11) is 0. The molecule has 0 radical (unpaired) electrons. The molecule has 1 aromatic carbocycles. The van der Waals surface area contributed by atoms with Crippen LogP contribution in [0, 0.1) is 0 Å². The number of carbonyl (C=O) groups excluding carboxylic acids is 1. The largest absolute Gasteiger partial charge is 0.378 e. The summed E-state index contributed by atoms with van der Waals surface area (Å²) in [6.07, 6.45) is 0.421. The minimum absolute atomic E-state index is 0.210. The van der Waals surface area contributed by atoms with E-state index in [9.17, 15) is 9.90 Å². The third-order valence-corrected chi connectivity index (χ3v) is 2.55. The predicted molar refractivity (Wildman–Crippen MR) is 52.1 cm³/mol. The molecular formula is C9H8Cl2O2. The van der Waals surface area contributed by atoms with Crippen molar-refractivity contribution in [3.63, 3.8) is 0 Å². The van der Waals surface area contributed by atoms with Gasteiger partial charge in [-0.15, -0.1) is 0 Å². The topological polar surface area (TPSA) is 37.3 Å². The first kappa shape index (κ1) is 10.5. The van der Waals surface area contributed by atoms with E-state index in [2.05, 4.69) is 0 Å². The lowest BCUT2D eigenvalue weighted by atomic mass is 9.98. The van der Waals surface area contributed by atoms with Crippen molar-refractivity contribution in [3.8, 4) is 0 Å². The fourth-order valence-electron chi connectivity index (χ4n) is 0.958. The number of carbonyl (C=O) groups is 1. The van der Waals surface area contributed by atoms with Gasteiger partial charge in [-0.25, -0.2) is 0 Å². The third-order valence-electron chi connectivity index (χ3n) is 1.73. The number of benzene rings is 1. The molecule has 1 aromatic rings. The van der Waals surface area contributed by atoms with Crippen molar-refractivity contribution in [2.75, 3.05) is 0 Å². The zero-order valence-corrected chi connectivity index (χ0v) is 8.43. The molecule has 4 heteroatoms. The molecule has 0 aliphatic heterocycles. The Morgan fingerprint density at radius 3 is 2.62 bits per heavy atom. The number of rotatable bonds is 2. The van der Waals surface area contributed by atoms with Crippen LogP contribution in [0.3, 0.4) is 0 Å². The molecular weight excluding hydrogens is 211 g/mol. The second kappa shape index (κ2) is 3.66. The molecule has 1 unspecified atom stereocenters. The zero-order valence-electron chi connectivity index (χ0n) is 6.92. The van der Waals surface area contributed by atoms with Crippen LogP contribution in [0.5, 0.6) is 0 Å². The molecule has 70 valence electrons. The van der Waals surface area contributed by atoms with Crippen molar-refractivity contribution in [2.24, 2.45) is 0 Å². The predicted octanol–water partition coefficient (Wildman–Crippen LogP) is 2.40. The lowest BCUT2D eigenvalue weighted by Crippen LogP contribution is -2.23. The van der Waals surface area contributed by atoms with Crippen molar-refractivity contribution in [3.05, 3.63) is 33.8 Å². The molecule has 0 aromatic heterocycles. The summed E-state index contributed by atoms with van der Waals surface area (Å²) in [6.45, 7) is 1.36. The maximum Gasteiger partial charge on any atom is 0.155 e. The molecule has 1 atom stereocenters. The van der Waals surface area contributed by atoms with Crippen LogP contribution in [0.1, 0.15) is 12.5 Å². The van der Waals surface area contributed by atoms with Gasteiger partial charge in [0.15, 0.2) is 6.29 Å². The highest BCUT2D eigenvalue weighted by Gasteiger charge is 2.25.